The summed E-state index contributed by atoms with van der Waals surface area (Å²) >= 11 is 0. The van der Waals surface area contributed by atoms with E-state index >= 15 is 0 Å². The molecule has 2 aliphatic rings. The lowest BCUT2D eigenvalue weighted by Gasteiger charge is -2.34. The third kappa shape index (κ3) is 3.03. The molecule has 0 spiro atoms. The van der Waals surface area contributed by atoms with Gasteiger partial charge < -0.3 is 20.6 Å². The number of aromatic carboxylic acids is 1. The summed E-state index contributed by atoms with van der Waals surface area (Å²) in [6.07, 6.45) is 0. The standard InChI is InChI=1S/C19H19N5O5/c1-22-4-6-23(7-5-22)10-2-3-13(11(8-10)19(28)29)24-14(25)9-12-15(16(24)20)18(27)21-17(12)26/h2-3,8-9H,4-7,20H2,1H3,(H,28,29)(H,21,26,27). The molecule has 0 atom stereocenters. The molecule has 0 saturated carbocycles. The average molecular weight is 397 g/mol. The van der Waals surface area contributed by atoms with Crippen LogP contribution in [-0.2, 0) is 0 Å². The fraction of sp³-hybridized carbons (Fsp3) is 0.263. The summed E-state index contributed by atoms with van der Waals surface area (Å²) in [6, 6.07) is 5.70. The number of fused-ring (bicyclic) bond motifs is 1. The molecule has 4 N–H and O–H groups in total. The van der Waals surface area contributed by atoms with Crippen molar-refractivity contribution in [2.45, 2.75) is 0 Å². The van der Waals surface area contributed by atoms with Gasteiger partial charge >= 0.3 is 5.97 Å². The van der Waals surface area contributed by atoms with Gasteiger partial charge in [-0.25, -0.2) is 4.79 Å². The fourth-order valence-electron chi connectivity index (χ4n) is 3.68. The maximum Gasteiger partial charge on any atom is 0.337 e. The number of benzene rings is 1. The molecular weight excluding hydrogens is 378 g/mol. The van der Waals surface area contributed by atoms with Gasteiger partial charge in [-0.3, -0.25) is 24.3 Å². The van der Waals surface area contributed by atoms with E-state index in [1.165, 1.54) is 12.1 Å². The highest BCUT2D eigenvalue weighted by Gasteiger charge is 2.32. The van der Waals surface area contributed by atoms with Gasteiger partial charge in [0.1, 0.15) is 5.82 Å². The summed E-state index contributed by atoms with van der Waals surface area (Å²) in [5.74, 6) is -2.93. The average Bonchev–Trinajstić information content (AvgIpc) is 2.96. The highest BCUT2D eigenvalue weighted by atomic mass is 16.4. The molecule has 1 aromatic heterocycles. The molecule has 2 amide bonds. The van der Waals surface area contributed by atoms with Crippen molar-refractivity contribution in [2.24, 2.45) is 0 Å². The van der Waals surface area contributed by atoms with E-state index in [0.29, 0.717) is 0 Å². The van der Waals surface area contributed by atoms with Crippen molar-refractivity contribution in [3.8, 4) is 5.69 Å². The number of hydrogen-bond acceptors (Lipinski definition) is 7. The number of piperazine rings is 1. The van der Waals surface area contributed by atoms with Gasteiger partial charge in [-0.15, -0.1) is 0 Å². The smallest absolute Gasteiger partial charge is 0.337 e. The molecule has 2 aromatic rings. The minimum atomic E-state index is -1.23. The molecule has 2 aliphatic heterocycles. The number of carboxylic acids is 1. The third-order valence-electron chi connectivity index (χ3n) is 5.27. The van der Waals surface area contributed by atoms with Gasteiger partial charge in [0.25, 0.3) is 17.4 Å². The number of nitrogens with zero attached hydrogens (tertiary/aromatic N) is 3. The van der Waals surface area contributed by atoms with Gasteiger partial charge in [-0.2, -0.15) is 0 Å². The Hall–Kier alpha value is -3.66. The predicted octanol–water partition coefficient (Wildman–Crippen LogP) is -0.247. The van der Waals surface area contributed by atoms with Crippen LogP contribution in [-0.4, -0.2) is 65.6 Å². The van der Waals surface area contributed by atoms with E-state index in [9.17, 15) is 24.3 Å². The highest BCUT2D eigenvalue weighted by molar-refractivity contribution is 6.23. The summed E-state index contributed by atoms with van der Waals surface area (Å²) in [5, 5.41) is 11.8. The molecule has 10 nitrogen and oxygen atoms in total. The van der Waals surface area contributed by atoms with Crippen molar-refractivity contribution < 1.29 is 19.5 Å². The van der Waals surface area contributed by atoms with Crippen molar-refractivity contribution in [3.05, 3.63) is 51.3 Å². The first-order chi connectivity index (χ1) is 13.8. The molecule has 0 aliphatic carbocycles. The second kappa shape index (κ2) is 6.74. The number of aromatic nitrogens is 1. The lowest BCUT2D eigenvalue weighted by atomic mass is 10.1. The number of hydrogen-bond donors (Lipinski definition) is 3. The van der Waals surface area contributed by atoms with E-state index in [4.69, 9.17) is 5.73 Å². The van der Waals surface area contributed by atoms with E-state index in [1.54, 1.807) is 6.07 Å². The largest absolute Gasteiger partial charge is 0.478 e. The van der Waals surface area contributed by atoms with Crippen molar-refractivity contribution in [1.82, 2.24) is 14.8 Å². The number of pyridine rings is 1. The SMILES string of the molecule is CN1CCN(c2ccc(-n3c(N)c4c(cc3=O)C(=O)NC4=O)c(C(=O)O)c2)CC1. The number of nitrogen functional groups attached to an aromatic ring is 1. The first-order valence-corrected chi connectivity index (χ1v) is 9.00. The van der Waals surface area contributed by atoms with Crippen LogP contribution in [0.4, 0.5) is 11.5 Å². The minimum absolute atomic E-state index is 0.0350. The molecule has 0 bridgehead atoms. The lowest BCUT2D eigenvalue weighted by molar-refractivity contribution is 0.0696. The Morgan fingerprint density at radius 2 is 1.76 bits per heavy atom. The first-order valence-electron chi connectivity index (χ1n) is 9.00. The van der Waals surface area contributed by atoms with Crippen molar-refractivity contribution >= 4 is 29.3 Å². The Morgan fingerprint density at radius 3 is 2.41 bits per heavy atom. The predicted molar refractivity (Wildman–Crippen MR) is 105 cm³/mol. The number of anilines is 2. The number of carboxylic acid groups (broad SMARTS) is 1. The van der Waals surface area contributed by atoms with Gasteiger partial charge in [-0.05, 0) is 25.2 Å². The number of rotatable bonds is 3. The Bertz CT molecular complexity index is 1110. The normalized spacial score (nSPS) is 16.7. The van der Waals surface area contributed by atoms with Gasteiger partial charge in [-0.1, -0.05) is 0 Å². The molecule has 3 heterocycles. The molecule has 1 fully saturated rings. The Balaban J connectivity index is 1.85. The fourth-order valence-corrected chi connectivity index (χ4v) is 3.68. The number of amides is 2. The Morgan fingerprint density at radius 1 is 1.07 bits per heavy atom. The van der Waals surface area contributed by atoms with Crippen LogP contribution in [0.2, 0.25) is 0 Å². The number of carbonyl (C=O) groups excluding carboxylic acids is 2. The number of carbonyl (C=O) groups is 3. The zero-order chi connectivity index (χ0) is 20.9. The summed E-state index contributed by atoms with van der Waals surface area (Å²) in [5.41, 5.74) is 5.72. The van der Waals surface area contributed by atoms with E-state index in [0.717, 1.165) is 42.5 Å². The summed E-state index contributed by atoms with van der Waals surface area (Å²) in [7, 11) is 2.02. The molecule has 0 radical (unpaired) electrons. The van der Waals surface area contributed by atoms with Gasteiger partial charge in [0.05, 0.1) is 22.4 Å². The summed E-state index contributed by atoms with van der Waals surface area (Å²) < 4.78 is 0.953. The molecule has 29 heavy (non-hydrogen) atoms. The van der Waals surface area contributed by atoms with E-state index < -0.39 is 23.3 Å². The van der Waals surface area contributed by atoms with E-state index in [2.05, 4.69) is 15.1 Å². The third-order valence-corrected chi connectivity index (χ3v) is 5.27. The van der Waals surface area contributed by atoms with Crippen molar-refractivity contribution in [1.29, 1.82) is 0 Å². The topological polar surface area (TPSA) is 138 Å². The van der Waals surface area contributed by atoms with Crippen molar-refractivity contribution in [2.75, 3.05) is 43.9 Å². The second-order valence-corrected chi connectivity index (χ2v) is 7.07. The number of imide groups is 1. The van der Waals surface area contributed by atoms with Crippen LogP contribution in [0.3, 0.4) is 0 Å². The molecule has 1 saturated heterocycles. The quantitative estimate of drug-likeness (QED) is 0.603. The van der Waals surface area contributed by atoms with Crippen LogP contribution in [0.5, 0.6) is 0 Å². The van der Waals surface area contributed by atoms with Gasteiger partial charge in [0.2, 0.25) is 0 Å². The molecule has 1 aromatic carbocycles. The van der Waals surface area contributed by atoms with Crippen LogP contribution < -0.4 is 21.5 Å². The zero-order valence-electron chi connectivity index (χ0n) is 15.6. The molecule has 4 rings (SSSR count). The van der Waals surface area contributed by atoms with Crippen LogP contribution >= 0.6 is 0 Å². The monoisotopic (exact) mass is 397 g/mol. The maximum atomic E-state index is 12.6. The maximum absolute atomic E-state index is 12.6. The van der Waals surface area contributed by atoms with Crippen LogP contribution in [0, 0.1) is 0 Å². The van der Waals surface area contributed by atoms with Crippen LogP contribution in [0.15, 0.2) is 29.1 Å². The van der Waals surface area contributed by atoms with Crippen LogP contribution in [0.1, 0.15) is 31.1 Å². The summed E-state index contributed by atoms with van der Waals surface area (Å²) in [6.45, 7) is 3.20. The highest BCUT2D eigenvalue weighted by Crippen LogP contribution is 2.27. The molecule has 0 unspecified atom stereocenters. The molecule has 150 valence electrons. The van der Waals surface area contributed by atoms with E-state index in [1.807, 2.05) is 7.05 Å². The zero-order valence-corrected chi connectivity index (χ0v) is 15.6. The van der Waals surface area contributed by atoms with Gasteiger partial charge in [0, 0.05) is 37.9 Å². The molecule has 10 heteroatoms. The minimum Gasteiger partial charge on any atom is -0.478 e. The summed E-state index contributed by atoms with van der Waals surface area (Å²) in [4.78, 5) is 52.7. The van der Waals surface area contributed by atoms with Crippen molar-refractivity contribution in [3.63, 3.8) is 0 Å². The van der Waals surface area contributed by atoms with Gasteiger partial charge in [0.15, 0.2) is 0 Å². The lowest BCUT2D eigenvalue weighted by Crippen LogP contribution is -2.44. The molecular formula is C19H19N5O5. The Labute approximate surface area is 165 Å². The number of nitrogens with one attached hydrogen (secondary N) is 1. The first kappa shape index (κ1) is 18.7. The Kier molecular flexibility index (Phi) is 4.35. The van der Waals surface area contributed by atoms with E-state index in [-0.39, 0.29) is 28.2 Å². The number of likely N-dealkylation sites (N-methyl/N-ethyl adjacent to an activating group) is 1. The second-order valence-electron chi connectivity index (χ2n) is 7.07. The number of nitrogens with two attached hydrogens (primary N) is 1. The van der Waals surface area contributed by atoms with Crippen LogP contribution in [0.25, 0.3) is 5.69 Å².